The van der Waals surface area contributed by atoms with Crippen LogP contribution >= 0.6 is 0 Å². The van der Waals surface area contributed by atoms with Crippen LogP contribution in [-0.4, -0.2) is 29.3 Å². The molecule has 5 heteroatoms. The highest BCUT2D eigenvalue weighted by Crippen LogP contribution is 2.30. The summed E-state index contributed by atoms with van der Waals surface area (Å²) in [7, 11) is 0. The number of pyridine rings is 1. The molecule has 0 radical (unpaired) electrons. The molecular weight excluding hydrogens is 216 g/mol. The minimum Gasteiger partial charge on any atom is -0.397 e. The lowest BCUT2D eigenvalue weighted by molar-refractivity contribution is 0.244. The first-order chi connectivity index (χ1) is 8.17. The van der Waals surface area contributed by atoms with Gasteiger partial charge in [-0.25, -0.2) is 4.98 Å². The van der Waals surface area contributed by atoms with Crippen molar-refractivity contribution in [2.24, 2.45) is 5.92 Å². The van der Waals surface area contributed by atoms with Crippen LogP contribution in [0.1, 0.15) is 18.9 Å². The third kappa shape index (κ3) is 2.04. The molecule has 2 rings (SSSR count). The van der Waals surface area contributed by atoms with E-state index in [9.17, 15) is 5.11 Å². The van der Waals surface area contributed by atoms with Crippen molar-refractivity contribution in [3.8, 4) is 6.07 Å². The maximum atomic E-state index is 9.41. The largest absolute Gasteiger partial charge is 0.397 e. The average molecular weight is 232 g/mol. The maximum Gasteiger partial charge on any atom is 0.146 e. The van der Waals surface area contributed by atoms with Gasteiger partial charge in [0.15, 0.2) is 0 Å². The van der Waals surface area contributed by atoms with Crippen LogP contribution in [0.3, 0.4) is 0 Å². The Morgan fingerprint density at radius 3 is 3.12 bits per heavy atom. The van der Waals surface area contributed by atoms with Gasteiger partial charge in [-0.2, -0.15) is 5.26 Å². The van der Waals surface area contributed by atoms with Crippen molar-refractivity contribution in [1.29, 1.82) is 5.26 Å². The normalized spacial score (nSPS) is 23.7. The third-order valence-electron chi connectivity index (χ3n) is 3.35. The van der Waals surface area contributed by atoms with Gasteiger partial charge in [0.2, 0.25) is 0 Å². The van der Waals surface area contributed by atoms with Gasteiger partial charge >= 0.3 is 0 Å². The average Bonchev–Trinajstić information content (AvgIpc) is 2.70. The highest BCUT2D eigenvalue weighted by atomic mass is 16.3. The van der Waals surface area contributed by atoms with Crippen LogP contribution in [0.4, 0.5) is 11.5 Å². The summed E-state index contributed by atoms with van der Waals surface area (Å²) in [6, 6.07) is 3.77. The van der Waals surface area contributed by atoms with E-state index in [0.717, 1.165) is 13.0 Å². The van der Waals surface area contributed by atoms with E-state index in [1.807, 2.05) is 4.90 Å². The molecule has 2 unspecified atom stereocenters. The van der Waals surface area contributed by atoms with E-state index in [4.69, 9.17) is 11.0 Å². The van der Waals surface area contributed by atoms with Gasteiger partial charge in [0.25, 0.3) is 0 Å². The van der Waals surface area contributed by atoms with Crippen LogP contribution in [0.5, 0.6) is 0 Å². The molecule has 0 bridgehead atoms. The van der Waals surface area contributed by atoms with E-state index in [-0.39, 0.29) is 12.6 Å². The van der Waals surface area contributed by atoms with E-state index < -0.39 is 0 Å². The Balaban J connectivity index is 2.38. The molecule has 1 saturated heterocycles. The Kier molecular flexibility index (Phi) is 3.16. The number of hydrogen-bond donors (Lipinski definition) is 2. The number of aliphatic hydroxyl groups excluding tert-OH is 1. The molecule has 0 spiro atoms. The molecule has 1 aromatic heterocycles. The lowest BCUT2D eigenvalue weighted by Gasteiger charge is -2.26. The summed E-state index contributed by atoms with van der Waals surface area (Å²) >= 11 is 0. The first-order valence-corrected chi connectivity index (χ1v) is 5.70. The van der Waals surface area contributed by atoms with Gasteiger partial charge in [-0.15, -0.1) is 0 Å². The second-order valence-electron chi connectivity index (χ2n) is 4.46. The van der Waals surface area contributed by atoms with Gasteiger partial charge in [0.05, 0.1) is 30.1 Å². The van der Waals surface area contributed by atoms with E-state index in [1.54, 1.807) is 12.3 Å². The monoisotopic (exact) mass is 232 g/mol. The number of rotatable bonds is 2. The Morgan fingerprint density at radius 2 is 2.47 bits per heavy atom. The van der Waals surface area contributed by atoms with Gasteiger partial charge in [0, 0.05) is 6.54 Å². The molecule has 0 saturated carbocycles. The Hall–Kier alpha value is -1.80. The van der Waals surface area contributed by atoms with Crippen molar-refractivity contribution in [2.45, 2.75) is 19.4 Å². The van der Waals surface area contributed by atoms with Crippen LogP contribution in [-0.2, 0) is 0 Å². The minimum atomic E-state index is 0.0400. The van der Waals surface area contributed by atoms with Crippen LogP contribution in [0.25, 0.3) is 0 Å². The summed E-state index contributed by atoms with van der Waals surface area (Å²) in [5, 5.41) is 18.5. The number of nitriles is 1. The fourth-order valence-corrected chi connectivity index (χ4v) is 2.33. The second-order valence-corrected chi connectivity index (χ2v) is 4.46. The number of hydrogen-bond acceptors (Lipinski definition) is 5. The Morgan fingerprint density at radius 1 is 1.71 bits per heavy atom. The molecule has 1 aliphatic heterocycles. The van der Waals surface area contributed by atoms with E-state index in [0.29, 0.717) is 23.0 Å². The van der Waals surface area contributed by atoms with Gasteiger partial charge in [-0.1, -0.05) is 6.92 Å². The summed E-state index contributed by atoms with van der Waals surface area (Å²) in [6.45, 7) is 3.00. The fraction of sp³-hybridized carbons (Fsp3) is 0.500. The molecule has 3 N–H and O–H groups in total. The molecule has 0 amide bonds. The topological polar surface area (TPSA) is 86.2 Å². The van der Waals surface area contributed by atoms with E-state index in [2.05, 4.69) is 18.0 Å². The quantitative estimate of drug-likeness (QED) is 0.785. The standard InChI is InChI=1S/C12H16N4O/c1-8-2-3-16(11(8)7-17)12-9(5-13)4-10(14)6-15-12/h4,6,8,11,17H,2-3,7,14H2,1H3. The number of nitrogens with zero attached hydrogens (tertiary/aromatic N) is 3. The molecule has 0 aromatic carbocycles. The Bertz CT molecular complexity index is 454. The van der Waals surface area contributed by atoms with Crippen molar-refractivity contribution >= 4 is 11.5 Å². The summed E-state index contributed by atoms with van der Waals surface area (Å²) in [6.07, 6.45) is 2.55. The molecule has 2 atom stereocenters. The first kappa shape index (κ1) is 11.7. The lowest BCUT2D eigenvalue weighted by Crippen LogP contribution is -2.36. The zero-order valence-electron chi connectivity index (χ0n) is 9.80. The SMILES string of the molecule is CC1CCN(c2ncc(N)cc2C#N)C1CO. The van der Waals surface area contributed by atoms with Crippen LogP contribution in [0, 0.1) is 17.2 Å². The molecule has 90 valence electrons. The highest BCUT2D eigenvalue weighted by molar-refractivity contribution is 5.59. The zero-order chi connectivity index (χ0) is 12.4. The first-order valence-electron chi connectivity index (χ1n) is 5.70. The molecule has 1 fully saturated rings. The predicted molar refractivity (Wildman–Crippen MR) is 65.4 cm³/mol. The van der Waals surface area contributed by atoms with Gasteiger partial charge in [-0.3, -0.25) is 0 Å². The van der Waals surface area contributed by atoms with E-state index >= 15 is 0 Å². The summed E-state index contributed by atoms with van der Waals surface area (Å²) in [5.74, 6) is 1.04. The van der Waals surface area contributed by atoms with Gasteiger partial charge in [-0.05, 0) is 18.4 Å². The van der Waals surface area contributed by atoms with Crippen LogP contribution in [0.2, 0.25) is 0 Å². The van der Waals surface area contributed by atoms with Crippen molar-refractivity contribution in [3.63, 3.8) is 0 Å². The van der Waals surface area contributed by atoms with Crippen molar-refractivity contribution in [2.75, 3.05) is 23.8 Å². The second kappa shape index (κ2) is 4.60. The summed E-state index contributed by atoms with van der Waals surface area (Å²) in [4.78, 5) is 6.23. The number of nitrogen functional groups attached to an aromatic ring is 1. The Labute approximate surface area is 100 Å². The fourth-order valence-electron chi connectivity index (χ4n) is 2.33. The van der Waals surface area contributed by atoms with Crippen LogP contribution in [0.15, 0.2) is 12.3 Å². The minimum absolute atomic E-state index is 0.0400. The number of aliphatic hydroxyl groups is 1. The van der Waals surface area contributed by atoms with Crippen molar-refractivity contribution in [3.05, 3.63) is 17.8 Å². The number of nitrogens with two attached hydrogens (primary N) is 1. The molecule has 1 aromatic rings. The molecule has 5 nitrogen and oxygen atoms in total. The molecule has 2 heterocycles. The van der Waals surface area contributed by atoms with E-state index in [1.165, 1.54) is 0 Å². The number of aromatic nitrogens is 1. The molecule has 1 aliphatic rings. The molecule has 0 aliphatic carbocycles. The molecular formula is C12H16N4O. The smallest absolute Gasteiger partial charge is 0.146 e. The van der Waals surface area contributed by atoms with Crippen LogP contribution < -0.4 is 10.6 Å². The van der Waals surface area contributed by atoms with Gasteiger partial charge < -0.3 is 15.7 Å². The third-order valence-corrected chi connectivity index (χ3v) is 3.35. The van der Waals surface area contributed by atoms with Gasteiger partial charge in [0.1, 0.15) is 11.9 Å². The summed E-state index contributed by atoms with van der Waals surface area (Å²) in [5.41, 5.74) is 6.57. The highest BCUT2D eigenvalue weighted by Gasteiger charge is 2.32. The molecule has 17 heavy (non-hydrogen) atoms. The lowest BCUT2D eigenvalue weighted by atomic mass is 10.0. The van der Waals surface area contributed by atoms with Crippen molar-refractivity contribution < 1.29 is 5.11 Å². The zero-order valence-corrected chi connectivity index (χ0v) is 9.80. The maximum absolute atomic E-state index is 9.41. The van der Waals surface area contributed by atoms with Crippen molar-refractivity contribution in [1.82, 2.24) is 4.98 Å². The summed E-state index contributed by atoms with van der Waals surface area (Å²) < 4.78 is 0. The predicted octanol–water partition coefficient (Wildman–Crippen LogP) is 0.743. The number of anilines is 2.